The first kappa shape index (κ1) is 19.2. The van der Waals surface area contributed by atoms with E-state index >= 15 is 0 Å². The molecule has 0 bridgehead atoms. The maximum absolute atomic E-state index is 13.5. The van der Waals surface area contributed by atoms with E-state index in [-0.39, 0.29) is 18.0 Å². The van der Waals surface area contributed by atoms with Crippen LogP contribution in [0.1, 0.15) is 50.4 Å². The standard InChI is InChI=1S/C23H26N4O2/c1-23(2,3)21(28)26-19(17-10-12-18(29-4)13-11-17)14-20(16-8-6-5-7-9-16)27-22(26)24-15-25-27/h5-13,15,19-20H,14H2,1-4H3/t19-,20+/m0/s1. The first-order valence-electron chi connectivity index (χ1n) is 9.82. The van der Waals surface area contributed by atoms with Crippen LogP contribution in [-0.4, -0.2) is 27.8 Å². The topological polar surface area (TPSA) is 60.2 Å². The summed E-state index contributed by atoms with van der Waals surface area (Å²) in [6.07, 6.45) is 2.25. The second kappa shape index (κ2) is 7.35. The molecular weight excluding hydrogens is 364 g/mol. The molecule has 6 heteroatoms. The van der Waals surface area contributed by atoms with E-state index in [0.29, 0.717) is 12.4 Å². The number of fused-ring (bicyclic) bond motifs is 1. The molecule has 2 heterocycles. The zero-order valence-corrected chi connectivity index (χ0v) is 17.2. The summed E-state index contributed by atoms with van der Waals surface area (Å²) in [5.41, 5.74) is 1.67. The Morgan fingerprint density at radius 1 is 1.00 bits per heavy atom. The highest BCUT2D eigenvalue weighted by molar-refractivity contribution is 5.96. The number of hydrogen-bond donors (Lipinski definition) is 0. The summed E-state index contributed by atoms with van der Waals surface area (Å²) in [5.74, 6) is 1.41. The Bertz CT molecular complexity index is 990. The molecule has 0 N–H and O–H groups in total. The van der Waals surface area contributed by atoms with E-state index in [0.717, 1.165) is 16.9 Å². The number of hydrogen-bond acceptors (Lipinski definition) is 4. The summed E-state index contributed by atoms with van der Waals surface area (Å²) in [5, 5.41) is 4.48. The second-order valence-electron chi connectivity index (χ2n) is 8.38. The molecule has 29 heavy (non-hydrogen) atoms. The van der Waals surface area contributed by atoms with Crippen LogP contribution in [0.3, 0.4) is 0 Å². The maximum atomic E-state index is 13.5. The first-order chi connectivity index (χ1) is 13.9. The second-order valence-corrected chi connectivity index (χ2v) is 8.38. The minimum atomic E-state index is -0.541. The summed E-state index contributed by atoms with van der Waals surface area (Å²) in [6.45, 7) is 5.80. The number of aromatic nitrogens is 3. The van der Waals surface area contributed by atoms with Gasteiger partial charge in [-0.2, -0.15) is 10.1 Å². The lowest BCUT2D eigenvalue weighted by molar-refractivity contribution is -0.126. The van der Waals surface area contributed by atoms with E-state index in [9.17, 15) is 4.79 Å². The smallest absolute Gasteiger partial charge is 0.235 e. The number of nitrogens with zero attached hydrogens (tertiary/aromatic N) is 4. The number of carbonyl (C=O) groups excluding carboxylic acids is 1. The third kappa shape index (κ3) is 3.50. The van der Waals surface area contributed by atoms with Gasteiger partial charge in [0.25, 0.3) is 0 Å². The molecule has 0 fully saturated rings. The van der Waals surface area contributed by atoms with Gasteiger partial charge in [0.15, 0.2) is 0 Å². The van der Waals surface area contributed by atoms with E-state index in [1.807, 2.05) is 72.8 Å². The van der Waals surface area contributed by atoms with Gasteiger partial charge in [-0.3, -0.25) is 9.69 Å². The summed E-state index contributed by atoms with van der Waals surface area (Å²) >= 11 is 0. The van der Waals surface area contributed by atoms with Gasteiger partial charge in [0.1, 0.15) is 12.1 Å². The third-order valence-electron chi connectivity index (χ3n) is 5.37. The van der Waals surface area contributed by atoms with Crippen LogP contribution < -0.4 is 9.64 Å². The van der Waals surface area contributed by atoms with E-state index in [1.165, 1.54) is 6.33 Å². The van der Waals surface area contributed by atoms with Crippen molar-refractivity contribution in [1.29, 1.82) is 0 Å². The van der Waals surface area contributed by atoms with Crippen molar-refractivity contribution < 1.29 is 9.53 Å². The normalized spacial score (nSPS) is 19.0. The van der Waals surface area contributed by atoms with Crippen LogP contribution in [0.5, 0.6) is 5.75 Å². The Balaban J connectivity index is 1.84. The molecule has 0 unspecified atom stereocenters. The molecule has 4 rings (SSSR count). The van der Waals surface area contributed by atoms with Gasteiger partial charge in [0.2, 0.25) is 11.9 Å². The Labute approximate surface area is 171 Å². The van der Waals surface area contributed by atoms with Gasteiger partial charge in [-0.25, -0.2) is 4.68 Å². The van der Waals surface area contributed by atoms with Gasteiger partial charge in [-0.1, -0.05) is 63.2 Å². The van der Waals surface area contributed by atoms with Crippen molar-refractivity contribution >= 4 is 11.9 Å². The monoisotopic (exact) mass is 390 g/mol. The fourth-order valence-electron chi connectivity index (χ4n) is 3.85. The van der Waals surface area contributed by atoms with E-state index in [1.54, 1.807) is 7.11 Å². The maximum Gasteiger partial charge on any atom is 0.235 e. The van der Waals surface area contributed by atoms with Crippen molar-refractivity contribution in [2.24, 2.45) is 5.41 Å². The van der Waals surface area contributed by atoms with Gasteiger partial charge in [0, 0.05) is 5.41 Å². The fraction of sp³-hybridized carbons (Fsp3) is 0.348. The van der Waals surface area contributed by atoms with Gasteiger partial charge < -0.3 is 4.74 Å². The highest BCUT2D eigenvalue weighted by Crippen LogP contribution is 2.43. The lowest BCUT2D eigenvalue weighted by atomic mass is 9.88. The molecule has 1 aliphatic heterocycles. The van der Waals surface area contributed by atoms with Crippen LogP contribution >= 0.6 is 0 Å². The van der Waals surface area contributed by atoms with Crippen molar-refractivity contribution in [3.05, 3.63) is 72.1 Å². The zero-order valence-electron chi connectivity index (χ0n) is 17.2. The molecule has 1 aromatic heterocycles. The predicted octanol–water partition coefficient (Wildman–Crippen LogP) is 4.40. The van der Waals surface area contributed by atoms with E-state index in [2.05, 4.69) is 22.2 Å². The minimum Gasteiger partial charge on any atom is -0.497 e. The number of benzene rings is 2. The van der Waals surface area contributed by atoms with Gasteiger partial charge >= 0.3 is 0 Å². The number of anilines is 1. The van der Waals surface area contributed by atoms with Crippen molar-refractivity contribution in [3.63, 3.8) is 0 Å². The molecule has 2 aromatic carbocycles. The molecule has 150 valence electrons. The highest BCUT2D eigenvalue weighted by atomic mass is 16.5. The number of rotatable bonds is 3. The Morgan fingerprint density at radius 3 is 2.28 bits per heavy atom. The number of methoxy groups -OCH3 is 1. The van der Waals surface area contributed by atoms with Gasteiger partial charge in [-0.15, -0.1) is 0 Å². The van der Waals surface area contributed by atoms with Crippen LogP contribution in [0.25, 0.3) is 0 Å². The highest BCUT2D eigenvalue weighted by Gasteiger charge is 2.42. The Hall–Kier alpha value is -3.15. The van der Waals surface area contributed by atoms with Crippen LogP contribution in [0, 0.1) is 5.41 Å². The molecular formula is C23H26N4O2. The summed E-state index contributed by atoms with van der Waals surface area (Å²) in [4.78, 5) is 19.8. The molecule has 3 aromatic rings. The zero-order chi connectivity index (χ0) is 20.6. The Kier molecular flexibility index (Phi) is 4.86. The van der Waals surface area contributed by atoms with Crippen molar-refractivity contribution in [3.8, 4) is 5.75 Å². The van der Waals surface area contributed by atoms with Crippen molar-refractivity contribution in [2.45, 2.75) is 39.3 Å². The molecule has 0 spiro atoms. The van der Waals surface area contributed by atoms with Crippen LogP contribution in [0.15, 0.2) is 60.9 Å². The van der Waals surface area contributed by atoms with Crippen molar-refractivity contribution in [1.82, 2.24) is 14.8 Å². The number of amides is 1. The molecule has 0 aliphatic carbocycles. The van der Waals surface area contributed by atoms with Crippen LogP contribution in [-0.2, 0) is 4.79 Å². The van der Waals surface area contributed by atoms with E-state index < -0.39 is 5.41 Å². The Morgan fingerprint density at radius 2 is 1.66 bits per heavy atom. The number of carbonyl (C=O) groups is 1. The SMILES string of the molecule is COc1ccc([C@@H]2C[C@H](c3ccccc3)n3ncnc3N2C(=O)C(C)(C)C)cc1. The quantitative estimate of drug-likeness (QED) is 0.665. The molecule has 6 nitrogen and oxygen atoms in total. The summed E-state index contributed by atoms with van der Waals surface area (Å²) in [7, 11) is 1.65. The largest absolute Gasteiger partial charge is 0.497 e. The van der Waals surface area contributed by atoms with Gasteiger partial charge in [-0.05, 0) is 29.7 Å². The molecule has 0 saturated heterocycles. The fourth-order valence-corrected chi connectivity index (χ4v) is 3.85. The van der Waals surface area contributed by atoms with Crippen LogP contribution in [0.4, 0.5) is 5.95 Å². The molecule has 0 saturated carbocycles. The summed E-state index contributed by atoms with van der Waals surface area (Å²) < 4.78 is 7.19. The molecule has 1 aliphatic rings. The molecule has 2 atom stereocenters. The first-order valence-corrected chi connectivity index (χ1v) is 9.82. The molecule has 1 amide bonds. The van der Waals surface area contributed by atoms with Crippen LogP contribution in [0.2, 0.25) is 0 Å². The summed E-state index contributed by atoms with van der Waals surface area (Å²) in [6, 6.07) is 18.1. The third-order valence-corrected chi connectivity index (χ3v) is 5.37. The minimum absolute atomic E-state index is 0.00446. The average molecular weight is 390 g/mol. The lowest BCUT2D eigenvalue weighted by Gasteiger charge is -2.41. The van der Waals surface area contributed by atoms with Gasteiger partial charge in [0.05, 0.1) is 19.2 Å². The average Bonchev–Trinajstić information content (AvgIpc) is 3.22. The number of ether oxygens (including phenoxy) is 1. The van der Waals surface area contributed by atoms with E-state index in [4.69, 9.17) is 4.74 Å². The van der Waals surface area contributed by atoms with Crippen molar-refractivity contribution in [2.75, 3.05) is 12.0 Å². The predicted molar refractivity (Wildman–Crippen MR) is 112 cm³/mol. The lowest BCUT2D eigenvalue weighted by Crippen LogP contribution is -2.47. The molecule has 0 radical (unpaired) electrons.